The molecule has 0 unspecified atom stereocenters. The summed E-state index contributed by atoms with van der Waals surface area (Å²) in [6.45, 7) is 0. The first-order valence-corrected chi connectivity index (χ1v) is 4.32. The van der Waals surface area contributed by atoms with Gasteiger partial charge in [-0.05, 0) is 12.5 Å². The summed E-state index contributed by atoms with van der Waals surface area (Å²) in [4.78, 5) is 9.38. The first-order chi connectivity index (χ1) is 6.65. The van der Waals surface area contributed by atoms with Crippen LogP contribution in [0.2, 0.25) is 0 Å². The molecule has 0 amide bonds. The van der Waals surface area contributed by atoms with Crippen LogP contribution in [0.15, 0.2) is 33.9 Å². The van der Waals surface area contributed by atoms with Gasteiger partial charge in [-0.15, -0.1) is 0 Å². The summed E-state index contributed by atoms with van der Waals surface area (Å²) in [5, 5.41) is 0. The minimum atomic E-state index is 0.178. The number of allylic oxidation sites excluding steroid dienone is 3. The SMILES string of the molecule is CN=C(N)N=C(N)N(C)C1=CCC=C1. The van der Waals surface area contributed by atoms with Crippen LogP contribution >= 0.6 is 0 Å². The molecule has 0 atom stereocenters. The van der Waals surface area contributed by atoms with E-state index in [0.29, 0.717) is 5.96 Å². The van der Waals surface area contributed by atoms with Gasteiger partial charge in [-0.25, -0.2) is 0 Å². The number of nitrogens with two attached hydrogens (primary N) is 2. The van der Waals surface area contributed by atoms with Crippen LogP contribution in [-0.4, -0.2) is 30.9 Å². The number of likely N-dealkylation sites (N-methyl/N-ethyl adjacent to an activating group) is 1. The van der Waals surface area contributed by atoms with Gasteiger partial charge in [-0.1, -0.05) is 12.2 Å². The molecule has 0 aliphatic heterocycles. The van der Waals surface area contributed by atoms with E-state index in [-0.39, 0.29) is 5.96 Å². The van der Waals surface area contributed by atoms with E-state index in [1.807, 2.05) is 13.1 Å². The maximum absolute atomic E-state index is 5.71. The van der Waals surface area contributed by atoms with Crippen LogP contribution < -0.4 is 11.5 Å². The summed E-state index contributed by atoms with van der Waals surface area (Å²) >= 11 is 0. The molecule has 1 aliphatic carbocycles. The highest BCUT2D eigenvalue weighted by atomic mass is 15.3. The van der Waals surface area contributed by atoms with Gasteiger partial charge in [0.25, 0.3) is 0 Å². The van der Waals surface area contributed by atoms with E-state index in [9.17, 15) is 0 Å². The highest BCUT2D eigenvalue weighted by molar-refractivity contribution is 5.94. The minimum absolute atomic E-state index is 0.178. The summed E-state index contributed by atoms with van der Waals surface area (Å²) in [6.07, 6.45) is 7.03. The number of rotatable bonds is 1. The molecule has 0 saturated heterocycles. The van der Waals surface area contributed by atoms with Crippen molar-refractivity contribution >= 4 is 11.9 Å². The van der Waals surface area contributed by atoms with Crippen molar-refractivity contribution in [3.63, 3.8) is 0 Å². The van der Waals surface area contributed by atoms with Gasteiger partial charge in [0, 0.05) is 19.8 Å². The predicted molar refractivity (Wildman–Crippen MR) is 58.8 cm³/mol. The molecule has 76 valence electrons. The first-order valence-electron chi connectivity index (χ1n) is 4.32. The maximum atomic E-state index is 5.71. The molecule has 4 N–H and O–H groups in total. The Kier molecular flexibility index (Phi) is 3.28. The zero-order valence-electron chi connectivity index (χ0n) is 8.44. The van der Waals surface area contributed by atoms with Gasteiger partial charge in [0.1, 0.15) is 0 Å². The molecule has 0 spiro atoms. The van der Waals surface area contributed by atoms with Crippen LogP contribution in [0.5, 0.6) is 0 Å². The average molecular weight is 193 g/mol. The number of hydrogen-bond donors (Lipinski definition) is 2. The first kappa shape index (κ1) is 10.3. The van der Waals surface area contributed by atoms with Gasteiger partial charge in [0.05, 0.1) is 0 Å². The Balaban J connectivity index is 2.74. The molecule has 5 nitrogen and oxygen atoms in total. The van der Waals surface area contributed by atoms with E-state index < -0.39 is 0 Å². The fourth-order valence-electron chi connectivity index (χ4n) is 1.07. The van der Waals surface area contributed by atoms with E-state index in [4.69, 9.17) is 11.5 Å². The van der Waals surface area contributed by atoms with Crippen molar-refractivity contribution in [3.8, 4) is 0 Å². The summed E-state index contributed by atoms with van der Waals surface area (Å²) < 4.78 is 0. The van der Waals surface area contributed by atoms with E-state index in [2.05, 4.69) is 22.1 Å². The van der Waals surface area contributed by atoms with E-state index in [1.54, 1.807) is 11.9 Å². The van der Waals surface area contributed by atoms with Crippen molar-refractivity contribution in [2.45, 2.75) is 6.42 Å². The topological polar surface area (TPSA) is 80.0 Å². The lowest BCUT2D eigenvalue weighted by molar-refractivity contribution is 0.641. The minimum Gasteiger partial charge on any atom is -0.369 e. The second-order valence-electron chi connectivity index (χ2n) is 2.88. The average Bonchev–Trinajstić information content (AvgIpc) is 2.69. The normalized spacial score (nSPS) is 17.1. The third-order valence-electron chi connectivity index (χ3n) is 1.94. The van der Waals surface area contributed by atoms with E-state index in [1.165, 1.54) is 0 Å². The lowest BCUT2D eigenvalue weighted by atomic mass is 10.4. The molecule has 0 aromatic carbocycles. The fourth-order valence-corrected chi connectivity index (χ4v) is 1.07. The molecule has 14 heavy (non-hydrogen) atoms. The molecule has 0 heterocycles. The lowest BCUT2D eigenvalue weighted by Gasteiger charge is -2.17. The standard InChI is InChI=1S/C9H15N5/c1-12-8(10)13-9(11)14(2)7-5-3-4-6-7/h3,5-6H,4H2,1-2H3,(H4,10,11,12,13). The lowest BCUT2D eigenvalue weighted by Crippen LogP contribution is -2.34. The zero-order valence-corrected chi connectivity index (χ0v) is 8.44. The number of nitrogens with zero attached hydrogens (tertiary/aromatic N) is 3. The van der Waals surface area contributed by atoms with Crippen molar-refractivity contribution < 1.29 is 0 Å². The summed E-state index contributed by atoms with van der Waals surface area (Å²) in [6, 6.07) is 0. The quantitative estimate of drug-likeness (QED) is 0.455. The molecule has 0 bridgehead atoms. The fraction of sp³-hybridized carbons (Fsp3) is 0.333. The largest absolute Gasteiger partial charge is 0.369 e. The van der Waals surface area contributed by atoms with Gasteiger partial charge in [-0.3, -0.25) is 4.99 Å². The molecule has 0 radical (unpaired) electrons. The van der Waals surface area contributed by atoms with Gasteiger partial charge in [0.15, 0.2) is 0 Å². The smallest absolute Gasteiger partial charge is 0.218 e. The Bertz CT molecular complexity index is 324. The molecule has 1 rings (SSSR count). The van der Waals surface area contributed by atoms with Crippen molar-refractivity contribution in [2.75, 3.05) is 14.1 Å². The molecular formula is C9H15N5. The van der Waals surface area contributed by atoms with E-state index in [0.717, 1.165) is 12.1 Å². The van der Waals surface area contributed by atoms with Gasteiger partial charge in [-0.2, -0.15) is 4.99 Å². The van der Waals surface area contributed by atoms with Crippen molar-refractivity contribution in [3.05, 3.63) is 23.9 Å². The Morgan fingerprint density at radius 2 is 2.21 bits per heavy atom. The van der Waals surface area contributed by atoms with E-state index >= 15 is 0 Å². The molecule has 5 heteroatoms. The Labute approximate surface area is 83.5 Å². The molecule has 0 saturated carbocycles. The van der Waals surface area contributed by atoms with Crippen LogP contribution in [-0.2, 0) is 0 Å². The van der Waals surface area contributed by atoms with Crippen molar-refractivity contribution in [1.82, 2.24) is 4.90 Å². The molecule has 0 aromatic rings. The number of hydrogen-bond acceptors (Lipinski definition) is 1. The van der Waals surface area contributed by atoms with Crippen LogP contribution in [0.3, 0.4) is 0 Å². The van der Waals surface area contributed by atoms with Gasteiger partial charge < -0.3 is 16.4 Å². The third-order valence-corrected chi connectivity index (χ3v) is 1.94. The summed E-state index contributed by atoms with van der Waals surface area (Å²) in [5.41, 5.74) is 12.2. The molecule has 0 fully saturated rings. The zero-order chi connectivity index (χ0) is 10.6. The van der Waals surface area contributed by atoms with Crippen molar-refractivity contribution in [1.29, 1.82) is 0 Å². The molecule has 0 aromatic heterocycles. The Morgan fingerprint density at radius 3 is 2.71 bits per heavy atom. The number of aliphatic imine (C=N–C) groups is 2. The Hall–Kier alpha value is -1.78. The van der Waals surface area contributed by atoms with Gasteiger partial charge >= 0.3 is 0 Å². The summed E-state index contributed by atoms with van der Waals surface area (Å²) in [5.74, 6) is 0.517. The highest BCUT2D eigenvalue weighted by Gasteiger charge is 2.07. The van der Waals surface area contributed by atoms with Crippen LogP contribution in [0.1, 0.15) is 6.42 Å². The van der Waals surface area contributed by atoms with Crippen LogP contribution in [0.4, 0.5) is 0 Å². The number of guanidine groups is 2. The Morgan fingerprint density at radius 1 is 1.50 bits per heavy atom. The monoisotopic (exact) mass is 193 g/mol. The third kappa shape index (κ3) is 2.35. The van der Waals surface area contributed by atoms with Gasteiger partial charge in [0.2, 0.25) is 11.9 Å². The second kappa shape index (κ2) is 4.45. The highest BCUT2D eigenvalue weighted by Crippen LogP contribution is 2.11. The second-order valence-corrected chi connectivity index (χ2v) is 2.88. The molecule has 1 aliphatic rings. The van der Waals surface area contributed by atoms with Crippen LogP contribution in [0.25, 0.3) is 0 Å². The molecular weight excluding hydrogens is 178 g/mol. The summed E-state index contributed by atoms with van der Waals surface area (Å²) in [7, 11) is 3.41. The predicted octanol–water partition coefficient (Wildman–Crippen LogP) is 0.0212. The maximum Gasteiger partial charge on any atom is 0.218 e. The van der Waals surface area contributed by atoms with Crippen molar-refractivity contribution in [2.24, 2.45) is 21.5 Å². The van der Waals surface area contributed by atoms with Crippen LogP contribution in [0, 0.1) is 0 Å².